The van der Waals surface area contributed by atoms with E-state index in [2.05, 4.69) is 6.92 Å². The Hall–Kier alpha value is -2.30. The van der Waals surface area contributed by atoms with Crippen molar-refractivity contribution < 1.29 is 22.7 Å². The number of hydrogen-bond acceptors (Lipinski definition) is 2. The second kappa shape index (κ2) is 10.3. The van der Waals surface area contributed by atoms with Crippen LogP contribution in [0.1, 0.15) is 93.7 Å². The van der Waals surface area contributed by atoms with Gasteiger partial charge in [0.25, 0.3) is 0 Å². The number of rotatable bonds is 5. The molecule has 0 saturated heterocycles. The van der Waals surface area contributed by atoms with Gasteiger partial charge in [-0.2, -0.15) is 0 Å². The molecule has 0 N–H and O–H groups in total. The highest BCUT2D eigenvalue weighted by atomic mass is 19.2. The van der Waals surface area contributed by atoms with Crippen LogP contribution in [0.25, 0.3) is 0 Å². The molecule has 0 spiro atoms. The smallest absolute Gasteiger partial charge is 0.314 e. The molecule has 0 radical (unpaired) electrons. The Balaban J connectivity index is 1.37. The predicted octanol–water partition coefficient (Wildman–Crippen LogP) is 7.84. The molecule has 4 rings (SSSR count). The monoisotopic (exact) mass is 458 g/mol. The molecule has 0 atom stereocenters. The van der Waals surface area contributed by atoms with E-state index in [0.717, 1.165) is 25.7 Å². The van der Waals surface area contributed by atoms with E-state index >= 15 is 4.39 Å². The van der Waals surface area contributed by atoms with Gasteiger partial charge in [-0.25, -0.2) is 13.2 Å². The van der Waals surface area contributed by atoms with Crippen molar-refractivity contribution in [1.82, 2.24) is 0 Å². The number of aryl methyl sites for hydroxylation is 1. The SMILES string of the molecule is CCc1ccc(OC(=O)C2CCC(c3ccc(C4CCC(C)CC4)c(F)c3F)CC2)cc1F. The highest BCUT2D eigenvalue weighted by Crippen LogP contribution is 2.41. The highest BCUT2D eigenvalue weighted by Gasteiger charge is 2.32. The molecule has 0 unspecified atom stereocenters. The van der Waals surface area contributed by atoms with E-state index in [9.17, 15) is 13.6 Å². The van der Waals surface area contributed by atoms with Crippen molar-refractivity contribution in [2.75, 3.05) is 0 Å². The van der Waals surface area contributed by atoms with Crippen LogP contribution < -0.4 is 4.74 Å². The van der Waals surface area contributed by atoms with Gasteiger partial charge < -0.3 is 4.74 Å². The summed E-state index contributed by atoms with van der Waals surface area (Å²) in [6.07, 6.45) is 6.79. The van der Waals surface area contributed by atoms with Crippen LogP contribution in [-0.2, 0) is 11.2 Å². The van der Waals surface area contributed by atoms with Crippen LogP contribution in [0.5, 0.6) is 5.75 Å². The number of carbonyl (C=O) groups excluding carboxylic acids is 1. The second-order valence-electron chi connectivity index (χ2n) is 9.91. The Morgan fingerprint density at radius 2 is 1.39 bits per heavy atom. The number of ether oxygens (including phenoxy) is 1. The van der Waals surface area contributed by atoms with E-state index in [0.29, 0.717) is 54.7 Å². The minimum absolute atomic E-state index is 0.103. The molecule has 178 valence electrons. The number of benzene rings is 2. The van der Waals surface area contributed by atoms with Gasteiger partial charge >= 0.3 is 5.97 Å². The van der Waals surface area contributed by atoms with Gasteiger partial charge in [-0.1, -0.05) is 44.9 Å². The maximum atomic E-state index is 15.0. The van der Waals surface area contributed by atoms with Crippen molar-refractivity contribution in [1.29, 1.82) is 0 Å². The molecule has 2 aliphatic carbocycles. The van der Waals surface area contributed by atoms with Crippen molar-refractivity contribution in [3.05, 3.63) is 64.5 Å². The van der Waals surface area contributed by atoms with Gasteiger partial charge in [0.05, 0.1) is 5.92 Å². The van der Waals surface area contributed by atoms with Crippen molar-refractivity contribution in [3.63, 3.8) is 0 Å². The van der Waals surface area contributed by atoms with E-state index in [4.69, 9.17) is 4.74 Å². The zero-order chi connectivity index (χ0) is 23.5. The van der Waals surface area contributed by atoms with E-state index in [1.807, 2.05) is 6.92 Å². The van der Waals surface area contributed by atoms with Gasteiger partial charge in [-0.05, 0) is 85.5 Å². The Morgan fingerprint density at radius 3 is 1.91 bits per heavy atom. The van der Waals surface area contributed by atoms with E-state index in [1.165, 1.54) is 6.07 Å². The molecular formula is C28H33F3O2. The topological polar surface area (TPSA) is 26.3 Å². The Kier molecular flexibility index (Phi) is 7.45. The molecule has 2 fully saturated rings. The summed E-state index contributed by atoms with van der Waals surface area (Å²) in [5.74, 6) is -1.62. The normalized spacial score (nSPS) is 25.6. The third-order valence-electron chi connectivity index (χ3n) is 7.72. The van der Waals surface area contributed by atoms with Gasteiger partial charge in [-0.3, -0.25) is 4.79 Å². The molecule has 2 saturated carbocycles. The molecule has 0 amide bonds. The summed E-state index contributed by atoms with van der Waals surface area (Å²) in [5, 5.41) is 0. The summed E-state index contributed by atoms with van der Waals surface area (Å²) in [5.41, 5.74) is 1.51. The molecule has 0 aliphatic heterocycles. The fourth-order valence-corrected chi connectivity index (χ4v) is 5.50. The maximum absolute atomic E-state index is 15.0. The minimum atomic E-state index is -0.719. The molecule has 33 heavy (non-hydrogen) atoms. The van der Waals surface area contributed by atoms with Gasteiger partial charge in [0.2, 0.25) is 0 Å². The summed E-state index contributed by atoms with van der Waals surface area (Å²) in [4.78, 5) is 12.6. The standard InChI is InChI=1S/C28H33F3O2/c1-3-18-12-13-22(16-25(18)29)33-28(32)21-10-8-20(9-11-21)24-15-14-23(26(30)27(24)31)19-6-4-17(2)5-7-19/h12-17,19-21H,3-11H2,1-2H3. The summed E-state index contributed by atoms with van der Waals surface area (Å²) in [7, 11) is 0. The largest absolute Gasteiger partial charge is 0.426 e. The zero-order valence-corrected chi connectivity index (χ0v) is 19.5. The Labute approximate surface area is 194 Å². The summed E-state index contributed by atoms with van der Waals surface area (Å²) < 4.78 is 49.3. The van der Waals surface area contributed by atoms with Gasteiger partial charge in [-0.15, -0.1) is 0 Å². The van der Waals surface area contributed by atoms with Crippen LogP contribution in [-0.4, -0.2) is 5.97 Å². The van der Waals surface area contributed by atoms with E-state index < -0.39 is 11.6 Å². The number of hydrogen-bond donors (Lipinski definition) is 0. The highest BCUT2D eigenvalue weighted by molar-refractivity contribution is 5.75. The first kappa shape index (κ1) is 23.8. The van der Waals surface area contributed by atoms with Crippen molar-refractivity contribution >= 4 is 5.97 Å². The van der Waals surface area contributed by atoms with Gasteiger partial charge in [0, 0.05) is 6.07 Å². The van der Waals surface area contributed by atoms with Gasteiger partial charge in [0.1, 0.15) is 11.6 Å². The van der Waals surface area contributed by atoms with Crippen LogP contribution in [0, 0.1) is 29.3 Å². The third-order valence-corrected chi connectivity index (χ3v) is 7.72. The van der Waals surface area contributed by atoms with Crippen LogP contribution in [0.15, 0.2) is 30.3 Å². The number of halogens is 3. The lowest BCUT2D eigenvalue weighted by Gasteiger charge is -2.29. The summed E-state index contributed by atoms with van der Waals surface area (Å²) >= 11 is 0. The molecule has 0 heterocycles. The maximum Gasteiger partial charge on any atom is 0.314 e. The van der Waals surface area contributed by atoms with Crippen LogP contribution in [0.2, 0.25) is 0 Å². The first-order valence-corrected chi connectivity index (χ1v) is 12.3. The fourth-order valence-electron chi connectivity index (χ4n) is 5.50. The average molecular weight is 459 g/mol. The average Bonchev–Trinajstić information content (AvgIpc) is 2.82. The molecule has 2 aromatic carbocycles. The summed E-state index contributed by atoms with van der Waals surface area (Å²) in [6, 6.07) is 8.02. The fraction of sp³-hybridized carbons (Fsp3) is 0.536. The van der Waals surface area contributed by atoms with Crippen molar-refractivity contribution in [2.24, 2.45) is 11.8 Å². The lowest BCUT2D eigenvalue weighted by Crippen LogP contribution is -2.25. The lowest BCUT2D eigenvalue weighted by atomic mass is 9.76. The van der Waals surface area contributed by atoms with Crippen LogP contribution in [0.4, 0.5) is 13.2 Å². The number of esters is 1. The molecule has 0 bridgehead atoms. The quantitative estimate of drug-likeness (QED) is 0.337. The first-order chi connectivity index (χ1) is 15.9. The molecule has 2 aromatic rings. The molecule has 5 heteroatoms. The molecule has 2 nitrogen and oxygen atoms in total. The predicted molar refractivity (Wildman–Crippen MR) is 123 cm³/mol. The van der Waals surface area contributed by atoms with Gasteiger partial charge in [0.15, 0.2) is 11.6 Å². The number of carbonyl (C=O) groups is 1. The van der Waals surface area contributed by atoms with Crippen molar-refractivity contribution in [3.8, 4) is 5.75 Å². The van der Waals surface area contributed by atoms with Crippen LogP contribution in [0.3, 0.4) is 0 Å². The minimum Gasteiger partial charge on any atom is -0.426 e. The third kappa shape index (κ3) is 5.28. The van der Waals surface area contributed by atoms with E-state index in [-0.39, 0.29) is 35.3 Å². The second-order valence-corrected chi connectivity index (χ2v) is 9.91. The molecular weight excluding hydrogens is 425 g/mol. The van der Waals surface area contributed by atoms with Crippen molar-refractivity contribution in [2.45, 2.75) is 83.5 Å². The van der Waals surface area contributed by atoms with E-state index in [1.54, 1.807) is 24.3 Å². The zero-order valence-electron chi connectivity index (χ0n) is 19.5. The Morgan fingerprint density at radius 1 is 0.848 bits per heavy atom. The molecule has 0 aromatic heterocycles. The Bertz CT molecular complexity index is 987. The first-order valence-electron chi connectivity index (χ1n) is 12.3. The van der Waals surface area contributed by atoms with Crippen LogP contribution >= 0.6 is 0 Å². The molecule has 2 aliphatic rings. The summed E-state index contributed by atoms with van der Waals surface area (Å²) in [6.45, 7) is 4.07. The lowest BCUT2D eigenvalue weighted by molar-refractivity contribution is -0.140.